The van der Waals surface area contributed by atoms with E-state index in [0.29, 0.717) is 47.7 Å². The van der Waals surface area contributed by atoms with Gasteiger partial charge in [0.05, 0.1) is 37.4 Å². The number of alkyl carbamates (subject to hydrolysis) is 1. The molecule has 7 rings (SSSR count). The third-order valence-electron chi connectivity index (χ3n) is 9.37. The van der Waals surface area contributed by atoms with Crippen molar-refractivity contribution in [1.82, 2.24) is 14.6 Å². The predicted octanol–water partition coefficient (Wildman–Crippen LogP) is 4.17. The van der Waals surface area contributed by atoms with E-state index >= 15 is 0 Å². The van der Waals surface area contributed by atoms with Crippen LogP contribution in [0.15, 0.2) is 57.0 Å². The zero-order valence-corrected chi connectivity index (χ0v) is 28.4. The van der Waals surface area contributed by atoms with Crippen LogP contribution >= 0.6 is 0 Å². The number of hydrogen-bond donors (Lipinski definition) is 3. The number of nitrogens with zero attached hydrogens (tertiary/aromatic N) is 2. The quantitative estimate of drug-likeness (QED) is 0.221. The molecule has 0 spiro atoms. The maximum Gasteiger partial charge on any atom is 0.412 e. The van der Waals surface area contributed by atoms with E-state index < -0.39 is 34.1 Å². The monoisotopic (exact) mass is 700 g/mol. The van der Waals surface area contributed by atoms with E-state index in [1.807, 2.05) is 13.8 Å². The summed E-state index contributed by atoms with van der Waals surface area (Å²) in [6.07, 6.45) is 0.303. The number of aromatic nitrogens is 1. The predicted molar refractivity (Wildman–Crippen MR) is 175 cm³/mol. The molecule has 2 aliphatic carbocycles. The van der Waals surface area contributed by atoms with Crippen molar-refractivity contribution in [2.45, 2.75) is 68.9 Å². The molecule has 2 aromatic carbocycles. The largest absolute Gasteiger partial charge is 0.494 e. The third kappa shape index (κ3) is 7.13. The lowest BCUT2D eigenvalue weighted by Crippen LogP contribution is -2.51. The second-order valence-electron chi connectivity index (χ2n) is 13.6. The molecular formula is C34H41FN4O9S. The standard InChI is InChI=1S/C34H41FN4O9S/c1-18(2)14-39(49(42,43)22-7-9-26-30(13-22)47-33(37-26)36-21-5-6-21)15-28(40)27(10-19-4-8-25(35)29(11-19)44-3)38-34(41)48-31-20-12-23-24(31)17-46-32(23)45-16-20/h4,7-9,11,13,18,20-21,23,27-28,32,40H,5-6,10,12,14-17H2,1-3H3,(H,36,37)(H,38,41)/t20?,23?,27-,28+,32?/m0/s1. The molecule has 15 heteroatoms. The van der Waals surface area contributed by atoms with Crippen molar-refractivity contribution >= 4 is 33.2 Å². The van der Waals surface area contributed by atoms with Crippen LogP contribution in [0.1, 0.15) is 38.7 Å². The summed E-state index contributed by atoms with van der Waals surface area (Å²) >= 11 is 0. The molecule has 49 heavy (non-hydrogen) atoms. The van der Waals surface area contributed by atoms with Gasteiger partial charge in [-0.15, -0.1) is 0 Å². The number of fused-ring (bicyclic) bond motifs is 2. The number of benzene rings is 2. The summed E-state index contributed by atoms with van der Waals surface area (Å²) in [6.45, 7) is 4.16. The maximum atomic E-state index is 14.2. The zero-order valence-electron chi connectivity index (χ0n) is 27.6. The fourth-order valence-electron chi connectivity index (χ4n) is 6.75. The molecule has 5 atom stereocenters. The first-order valence-electron chi connectivity index (χ1n) is 16.6. The second-order valence-corrected chi connectivity index (χ2v) is 15.5. The molecule has 0 radical (unpaired) electrons. The molecule has 2 saturated heterocycles. The van der Waals surface area contributed by atoms with Crippen LogP contribution in [-0.4, -0.2) is 86.8 Å². The summed E-state index contributed by atoms with van der Waals surface area (Å²) in [5, 5.41) is 17.6. The Hall–Kier alpha value is -3.76. The van der Waals surface area contributed by atoms with Crippen molar-refractivity contribution in [2.24, 2.45) is 17.8 Å². The van der Waals surface area contributed by atoms with Gasteiger partial charge in [-0.1, -0.05) is 19.9 Å². The van der Waals surface area contributed by atoms with Gasteiger partial charge in [-0.25, -0.2) is 17.6 Å². The van der Waals surface area contributed by atoms with E-state index in [2.05, 4.69) is 15.6 Å². The summed E-state index contributed by atoms with van der Waals surface area (Å²) in [7, 11) is -2.81. The van der Waals surface area contributed by atoms with Gasteiger partial charge in [0.25, 0.3) is 6.01 Å². The summed E-state index contributed by atoms with van der Waals surface area (Å²) in [5.41, 5.74) is 2.28. The average molecular weight is 701 g/mol. The van der Waals surface area contributed by atoms with Crippen LogP contribution in [0.4, 0.5) is 15.2 Å². The molecule has 2 aliphatic heterocycles. The number of rotatable bonds is 14. The fraction of sp³-hybridized carbons (Fsp3) is 0.529. The van der Waals surface area contributed by atoms with Gasteiger partial charge in [-0.2, -0.15) is 9.29 Å². The number of amides is 1. The first kappa shape index (κ1) is 33.7. The van der Waals surface area contributed by atoms with Crippen LogP contribution in [0, 0.1) is 23.6 Å². The van der Waals surface area contributed by atoms with E-state index in [0.717, 1.165) is 24.8 Å². The Kier molecular flexibility index (Phi) is 9.30. The number of aliphatic hydroxyl groups is 1. The molecule has 1 saturated carbocycles. The maximum absolute atomic E-state index is 14.2. The number of methoxy groups -OCH3 is 1. The first-order chi connectivity index (χ1) is 23.5. The van der Waals surface area contributed by atoms with Crippen LogP contribution in [0.5, 0.6) is 5.75 Å². The lowest BCUT2D eigenvalue weighted by Gasteiger charge is -2.31. The normalized spacial score (nSPS) is 23.0. The smallest absolute Gasteiger partial charge is 0.412 e. The number of hydrogen-bond acceptors (Lipinski definition) is 11. The number of halogens is 1. The summed E-state index contributed by atoms with van der Waals surface area (Å²) in [6, 6.07) is 8.33. The number of ether oxygens (including phenoxy) is 4. The number of aliphatic hydroxyl groups excluding tert-OH is 1. The second kappa shape index (κ2) is 13.5. The van der Waals surface area contributed by atoms with Gasteiger partial charge in [0, 0.05) is 42.6 Å². The van der Waals surface area contributed by atoms with Gasteiger partial charge in [-0.3, -0.25) is 0 Å². The molecule has 1 amide bonds. The Morgan fingerprint density at radius 2 is 1.98 bits per heavy atom. The van der Waals surface area contributed by atoms with Gasteiger partial charge >= 0.3 is 6.09 Å². The Morgan fingerprint density at radius 1 is 1.16 bits per heavy atom. The summed E-state index contributed by atoms with van der Waals surface area (Å²) < 4.78 is 71.9. The summed E-state index contributed by atoms with van der Waals surface area (Å²) in [4.78, 5) is 17.8. The van der Waals surface area contributed by atoms with Crippen LogP contribution in [0.3, 0.4) is 0 Å². The minimum absolute atomic E-state index is 0.00315. The van der Waals surface area contributed by atoms with Crippen molar-refractivity contribution in [1.29, 1.82) is 0 Å². The Bertz CT molecular complexity index is 1860. The SMILES string of the molecule is COc1cc(C[C@H](NC(=O)OC2=C3COC4OCC2CC34)[C@H](O)CN(CC(C)C)S(=O)(=O)c2ccc3nc(NC4CC4)oc3c2)ccc1F. The van der Waals surface area contributed by atoms with Crippen molar-refractivity contribution in [3.05, 3.63) is 59.1 Å². The van der Waals surface area contributed by atoms with E-state index in [1.165, 1.54) is 41.7 Å². The van der Waals surface area contributed by atoms with Crippen LogP contribution in [-0.2, 0) is 30.7 Å². The first-order valence-corrected chi connectivity index (χ1v) is 18.0. The van der Waals surface area contributed by atoms with Crippen molar-refractivity contribution in [3.8, 4) is 5.75 Å². The van der Waals surface area contributed by atoms with E-state index in [4.69, 9.17) is 23.4 Å². The van der Waals surface area contributed by atoms with Gasteiger partial charge < -0.3 is 39.1 Å². The van der Waals surface area contributed by atoms with Crippen LogP contribution < -0.4 is 15.4 Å². The Morgan fingerprint density at radius 3 is 2.73 bits per heavy atom. The molecule has 3 unspecified atom stereocenters. The molecular weight excluding hydrogens is 659 g/mol. The average Bonchev–Trinajstić information content (AvgIpc) is 3.52. The molecule has 3 N–H and O–H groups in total. The molecule has 3 heterocycles. The highest BCUT2D eigenvalue weighted by molar-refractivity contribution is 7.89. The number of anilines is 1. The number of oxazole rings is 1. The van der Waals surface area contributed by atoms with Gasteiger partial charge in [0.1, 0.15) is 11.3 Å². The molecule has 2 bridgehead atoms. The number of sulfonamides is 1. The fourth-order valence-corrected chi connectivity index (χ4v) is 8.39. The topological polar surface area (TPSA) is 162 Å². The van der Waals surface area contributed by atoms with Gasteiger partial charge in [-0.05, 0) is 61.4 Å². The lowest BCUT2D eigenvalue weighted by molar-refractivity contribution is -0.161. The molecule has 3 fully saturated rings. The number of carbonyl (C=O) groups is 1. The van der Waals surface area contributed by atoms with Crippen molar-refractivity contribution in [3.63, 3.8) is 0 Å². The highest BCUT2D eigenvalue weighted by Crippen LogP contribution is 2.48. The molecule has 4 aliphatic rings. The van der Waals surface area contributed by atoms with Crippen LogP contribution in [0.2, 0.25) is 0 Å². The van der Waals surface area contributed by atoms with E-state index in [-0.39, 0.29) is 54.2 Å². The molecule has 13 nitrogen and oxygen atoms in total. The lowest BCUT2D eigenvalue weighted by atomic mass is 9.99. The highest BCUT2D eigenvalue weighted by Gasteiger charge is 2.49. The van der Waals surface area contributed by atoms with E-state index in [1.54, 1.807) is 6.07 Å². The van der Waals surface area contributed by atoms with Crippen molar-refractivity contribution < 1.29 is 46.1 Å². The number of nitrogens with one attached hydrogen (secondary N) is 2. The van der Waals surface area contributed by atoms with Gasteiger partial charge in [0.15, 0.2) is 23.4 Å². The van der Waals surface area contributed by atoms with Crippen molar-refractivity contribution in [2.75, 3.05) is 38.7 Å². The van der Waals surface area contributed by atoms with Crippen LogP contribution in [0.25, 0.3) is 11.1 Å². The van der Waals surface area contributed by atoms with E-state index in [9.17, 15) is 22.7 Å². The molecule has 264 valence electrons. The minimum atomic E-state index is -4.15. The Balaban J connectivity index is 1.13. The molecule has 3 aromatic rings. The highest BCUT2D eigenvalue weighted by atomic mass is 32.2. The minimum Gasteiger partial charge on any atom is -0.494 e. The van der Waals surface area contributed by atoms with Gasteiger partial charge in [0.2, 0.25) is 10.0 Å². The summed E-state index contributed by atoms with van der Waals surface area (Å²) in [5.74, 6) is -0.189. The number of carbonyl (C=O) groups excluding carboxylic acids is 1. The zero-order chi connectivity index (χ0) is 34.4. The Labute approximate surface area is 283 Å². The molecule has 1 aromatic heterocycles. The third-order valence-corrected chi connectivity index (χ3v) is 11.2.